The first kappa shape index (κ1) is 16.9. The van der Waals surface area contributed by atoms with E-state index in [2.05, 4.69) is 31.6 Å². The molecule has 0 saturated carbocycles. The predicted octanol–water partition coefficient (Wildman–Crippen LogP) is 3.21. The van der Waals surface area contributed by atoms with Crippen LogP contribution in [0.5, 0.6) is 0 Å². The van der Waals surface area contributed by atoms with Gasteiger partial charge in [-0.1, -0.05) is 18.2 Å². The first-order chi connectivity index (χ1) is 12.8. The van der Waals surface area contributed by atoms with Crippen LogP contribution in [0.25, 0.3) is 10.2 Å². The topological polar surface area (TPSA) is 70.2 Å². The molecule has 0 radical (unpaired) electrons. The number of benzene rings is 1. The van der Waals surface area contributed by atoms with Crippen molar-refractivity contribution < 1.29 is 4.79 Å². The standard InChI is InChI=1S/C19H21N5OS/c25-17(22-14-4-2-1-3-5-14)12-24-9-6-15(7-10-24)23-18-16-8-11-26-19(16)21-13-20-18/h1-5,8,11,13,15H,6-7,9-10,12H2,(H,22,25)(H,20,21,23). The molecule has 6 nitrogen and oxygen atoms in total. The van der Waals surface area contributed by atoms with E-state index >= 15 is 0 Å². The number of nitrogens with zero attached hydrogens (tertiary/aromatic N) is 3. The Balaban J connectivity index is 1.27. The zero-order valence-electron chi connectivity index (χ0n) is 14.4. The van der Waals surface area contributed by atoms with Crippen molar-refractivity contribution >= 4 is 39.0 Å². The highest BCUT2D eigenvalue weighted by atomic mass is 32.1. The van der Waals surface area contributed by atoms with Crippen LogP contribution >= 0.6 is 11.3 Å². The minimum Gasteiger partial charge on any atom is -0.367 e. The number of thiophene rings is 1. The van der Waals surface area contributed by atoms with Crippen molar-refractivity contribution in [2.24, 2.45) is 0 Å². The molecule has 134 valence electrons. The number of anilines is 2. The average molecular weight is 367 g/mol. The fourth-order valence-corrected chi connectivity index (χ4v) is 3.99. The van der Waals surface area contributed by atoms with Gasteiger partial charge in [-0.2, -0.15) is 0 Å². The van der Waals surface area contributed by atoms with Gasteiger partial charge in [0.25, 0.3) is 0 Å². The summed E-state index contributed by atoms with van der Waals surface area (Å²) in [6.07, 6.45) is 3.60. The largest absolute Gasteiger partial charge is 0.367 e. The van der Waals surface area contributed by atoms with Gasteiger partial charge < -0.3 is 10.6 Å². The lowest BCUT2D eigenvalue weighted by molar-refractivity contribution is -0.117. The van der Waals surface area contributed by atoms with Gasteiger partial charge in [0.1, 0.15) is 17.0 Å². The van der Waals surface area contributed by atoms with Gasteiger partial charge in [-0.15, -0.1) is 11.3 Å². The molecule has 1 aliphatic rings. The molecule has 0 bridgehead atoms. The highest BCUT2D eigenvalue weighted by Crippen LogP contribution is 2.25. The predicted molar refractivity (Wildman–Crippen MR) is 106 cm³/mol. The number of hydrogen-bond acceptors (Lipinski definition) is 6. The molecule has 3 heterocycles. The summed E-state index contributed by atoms with van der Waals surface area (Å²) in [6.45, 7) is 2.24. The molecule has 0 atom stereocenters. The zero-order valence-corrected chi connectivity index (χ0v) is 15.2. The van der Waals surface area contributed by atoms with E-state index in [1.54, 1.807) is 17.7 Å². The second-order valence-electron chi connectivity index (χ2n) is 6.47. The van der Waals surface area contributed by atoms with E-state index in [1.807, 2.05) is 35.7 Å². The molecule has 0 unspecified atom stereocenters. The Bertz CT molecular complexity index is 874. The van der Waals surface area contributed by atoms with Gasteiger partial charge in [-0.25, -0.2) is 9.97 Å². The third-order valence-electron chi connectivity index (χ3n) is 4.61. The molecule has 0 spiro atoms. The van der Waals surface area contributed by atoms with Crippen molar-refractivity contribution in [1.29, 1.82) is 0 Å². The zero-order chi connectivity index (χ0) is 17.8. The molecule has 1 aliphatic heterocycles. The van der Waals surface area contributed by atoms with E-state index in [9.17, 15) is 4.79 Å². The van der Waals surface area contributed by atoms with Gasteiger partial charge >= 0.3 is 0 Å². The number of aromatic nitrogens is 2. The number of carbonyl (C=O) groups excluding carboxylic acids is 1. The molecule has 2 N–H and O–H groups in total. The van der Waals surface area contributed by atoms with E-state index < -0.39 is 0 Å². The normalized spacial score (nSPS) is 15.8. The van der Waals surface area contributed by atoms with Gasteiger partial charge in [0, 0.05) is 24.8 Å². The first-order valence-electron chi connectivity index (χ1n) is 8.80. The highest BCUT2D eigenvalue weighted by Gasteiger charge is 2.21. The van der Waals surface area contributed by atoms with Crippen LogP contribution in [0.3, 0.4) is 0 Å². The molecule has 1 amide bonds. The number of fused-ring (bicyclic) bond motifs is 1. The summed E-state index contributed by atoms with van der Waals surface area (Å²) < 4.78 is 0. The number of hydrogen-bond donors (Lipinski definition) is 2. The smallest absolute Gasteiger partial charge is 0.238 e. The Labute approximate surface area is 156 Å². The monoisotopic (exact) mass is 367 g/mol. The van der Waals surface area contributed by atoms with Crippen LogP contribution in [0.15, 0.2) is 48.1 Å². The molecular formula is C19H21N5OS. The van der Waals surface area contributed by atoms with Crippen molar-refractivity contribution in [2.75, 3.05) is 30.3 Å². The molecule has 1 aromatic carbocycles. The van der Waals surface area contributed by atoms with Gasteiger partial charge in [0.15, 0.2) is 0 Å². The molecule has 3 aromatic rings. The Morgan fingerprint density at radius 1 is 1.15 bits per heavy atom. The summed E-state index contributed by atoms with van der Waals surface area (Å²) >= 11 is 1.63. The van der Waals surface area contributed by atoms with E-state index in [-0.39, 0.29) is 5.91 Å². The van der Waals surface area contributed by atoms with Crippen LogP contribution in [0.4, 0.5) is 11.5 Å². The first-order valence-corrected chi connectivity index (χ1v) is 9.68. The maximum atomic E-state index is 12.2. The number of carbonyl (C=O) groups is 1. The fourth-order valence-electron chi connectivity index (χ4n) is 3.26. The minimum atomic E-state index is 0.0402. The van der Waals surface area contributed by atoms with Crippen LogP contribution in [-0.2, 0) is 4.79 Å². The highest BCUT2D eigenvalue weighted by molar-refractivity contribution is 7.16. The molecule has 26 heavy (non-hydrogen) atoms. The van der Waals surface area contributed by atoms with Crippen molar-refractivity contribution in [2.45, 2.75) is 18.9 Å². The van der Waals surface area contributed by atoms with Crippen LogP contribution in [0.1, 0.15) is 12.8 Å². The number of piperidine rings is 1. The van der Waals surface area contributed by atoms with Crippen LogP contribution in [0, 0.1) is 0 Å². The summed E-state index contributed by atoms with van der Waals surface area (Å²) in [4.78, 5) is 24.1. The van der Waals surface area contributed by atoms with Gasteiger partial charge in [0.05, 0.1) is 11.9 Å². The van der Waals surface area contributed by atoms with E-state index in [1.165, 1.54) is 0 Å². The molecular weight excluding hydrogens is 346 g/mol. The van der Waals surface area contributed by atoms with Gasteiger partial charge in [-0.05, 0) is 36.4 Å². The van der Waals surface area contributed by atoms with Crippen LogP contribution < -0.4 is 10.6 Å². The molecule has 4 rings (SSSR count). The van der Waals surface area contributed by atoms with Crippen LogP contribution in [0.2, 0.25) is 0 Å². The average Bonchev–Trinajstić information content (AvgIpc) is 3.14. The number of para-hydroxylation sites is 1. The number of amides is 1. The molecule has 2 aromatic heterocycles. The van der Waals surface area contributed by atoms with Crippen molar-refractivity contribution in [3.8, 4) is 0 Å². The molecule has 1 fully saturated rings. The maximum Gasteiger partial charge on any atom is 0.238 e. The van der Waals surface area contributed by atoms with Crippen molar-refractivity contribution in [1.82, 2.24) is 14.9 Å². The Kier molecular flexibility index (Phi) is 5.08. The second kappa shape index (κ2) is 7.80. The molecule has 0 aliphatic carbocycles. The second-order valence-corrected chi connectivity index (χ2v) is 7.37. The Morgan fingerprint density at radius 3 is 2.77 bits per heavy atom. The lowest BCUT2D eigenvalue weighted by atomic mass is 10.0. The third kappa shape index (κ3) is 4.00. The van der Waals surface area contributed by atoms with E-state index in [4.69, 9.17) is 0 Å². The number of likely N-dealkylation sites (tertiary alicyclic amines) is 1. The lowest BCUT2D eigenvalue weighted by Crippen LogP contribution is -2.42. The van der Waals surface area contributed by atoms with Crippen molar-refractivity contribution in [3.63, 3.8) is 0 Å². The Morgan fingerprint density at radius 2 is 1.96 bits per heavy atom. The molecule has 1 saturated heterocycles. The minimum absolute atomic E-state index is 0.0402. The van der Waals surface area contributed by atoms with E-state index in [0.717, 1.165) is 47.7 Å². The molecule has 7 heteroatoms. The maximum absolute atomic E-state index is 12.2. The number of nitrogens with one attached hydrogen (secondary N) is 2. The third-order valence-corrected chi connectivity index (χ3v) is 5.44. The van der Waals surface area contributed by atoms with Crippen LogP contribution in [-0.4, -0.2) is 46.5 Å². The van der Waals surface area contributed by atoms with E-state index in [0.29, 0.717) is 12.6 Å². The number of rotatable bonds is 5. The fraction of sp³-hybridized carbons (Fsp3) is 0.316. The van der Waals surface area contributed by atoms with Gasteiger partial charge in [0.2, 0.25) is 5.91 Å². The van der Waals surface area contributed by atoms with Gasteiger partial charge in [-0.3, -0.25) is 9.69 Å². The summed E-state index contributed by atoms with van der Waals surface area (Å²) in [5.74, 6) is 0.954. The van der Waals surface area contributed by atoms with Crippen molar-refractivity contribution in [3.05, 3.63) is 48.1 Å². The lowest BCUT2D eigenvalue weighted by Gasteiger charge is -2.32. The SMILES string of the molecule is O=C(CN1CCC(Nc2ncnc3sccc23)CC1)Nc1ccccc1. The summed E-state index contributed by atoms with van der Waals surface area (Å²) in [5.41, 5.74) is 0.845. The summed E-state index contributed by atoms with van der Waals surface area (Å²) in [7, 11) is 0. The quantitative estimate of drug-likeness (QED) is 0.725. The summed E-state index contributed by atoms with van der Waals surface area (Å²) in [6, 6.07) is 12.0. The summed E-state index contributed by atoms with van der Waals surface area (Å²) in [5, 5.41) is 9.62. The Hall–Kier alpha value is -2.51.